The Labute approximate surface area is 154 Å². The molecule has 1 heterocycles. The Morgan fingerprint density at radius 1 is 1.04 bits per heavy atom. The van der Waals surface area contributed by atoms with Crippen molar-refractivity contribution in [1.82, 2.24) is 4.90 Å². The van der Waals surface area contributed by atoms with Crippen LogP contribution in [0.25, 0.3) is 17.2 Å². The van der Waals surface area contributed by atoms with Gasteiger partial charge in [-0.2, -0.15) is 0 Å². The molecule has 3 rings (SSSR count). The van der Waals surface area contributed by atoms with Gasteiger partial charge >= 0.3 is 5.97 Å². The van der Waals surface area contributed by atoms with Crippen LogP contribution in [0.15, 0.2) is 66.1 Å². The summed E-state index contributed by atoms with van der Waals surface area (Å²) in [5.41, 5.74) is 2.87. The van der Waals surface area contributed by atoms with Gasteiger partial charge in [0.2, 0.25) is 0 Å². The summed E-state index contributed by atoms with van der Waals surface area (Å²) in [6.07, 6.45) is 3.20. The smallest absolute Gasteiger partial charge is 0.335 e. The van der Waals surface area contributed by atoms with E-state index >= 15 is 0 Å². The summed E-state index contributed by atoms with van der Waals surface area (Å²) in [6.45, 7) is 3.75. The lowest BCUT2D eigenvalue weighted by molar-refractivity contribution is -0.122. The lowest BCUT2D eigenvalue weighted by Gasteiger charge is -2.07. The quantitative estimate of drug-likeness (QED) is 0.632. The second-order valence-electron chi connectivity index (χ2n) is 5.59. The minimum atomic E-state index is -0.961. The second kappa shape index (κ2) is 7.41. The molecule has 0 aromatic heterocycles. The number of hydrogen-bond donors (Lipinski definition) is 1. The highest BCUT2D eigenvalue weighted by molar-refractivity contribution is 8.18. The Morgan fingerprint density at radius 3 is 2.15 bits per heavy atom. The zero-order chi connectivity index (χ0) is 18.7. The van der Waals surface area contributed by atoms with E-state index < -0.39 is 5.97 Å². The van der Waals surface area contributed by atoms with Crippen molar-refractivity contribution in [1.29, 1.82) is 0 Å². The third kappa shape index (κ3) is 3.60. The molecule has 0 bridgehead atoms. The van der Waals surface area contributed by atoms with Crippen LogP contribution in [0.4, 0.5) is 4.79 Å². The zero-order valence-electron chi connectivity index (χ0n) is 13.7. The lowest BCUT2D eigenvalue weighted by Crippen LogP contribution is -2.27. The van der Waals surface area contributed by atoms with E-state index in [0.717, 1.165) is 33.4 Å². The highest BCUT2D eigenvalue weighted by atomic mass is 32.2. The molecule has 0 unspecified atom stereocenters. The van der Waals surface area contributed by atoms with E-state index in [1.807, 2.05) is 24.3 Å². The van der Waals surface area contributed by atoms with Gasteiger partial charge in [-0.05, 0) is 46.7 Å². The van der Waals surface area contributed by atoms with Gasteiger partial charge in [-0.1, -0.05) is 42.5 Å². The third-order valence-corrected chi connectivity index (χ3v) is 4.77. The van der Waals surface area contributed by atoms with Crippen molar-refractivity contribution in [3.8, 4) is 11.1 Å². The fourth-order valence-electron chi connectivity index (χ4n) is 2.51. The number of carboxylic acid groups (broad SMARTS) is 1. The number of amides is 2. The average molecular weight is 365 g/mol. The number of carboxylic acids is 1. The van der Waals surface area contributed by atoms with Crippen LogP contribution in [-0.2, 0) is 4.79 Å². The van der Waals surface area contributed by atoms with Gasteiger partial charge in [-0.3, -0.25) is 14.5 Å². The molecule has 1 fully saturated rings. The van der Waals surface area contributed by atoms with Crippen LogP contribution >= 0.6 is 11.8 Å². The fourth-order valence-corrected chi connectivity index (χ4v) is 3.36. The molecule has 0 spiro atoms. The molecule has 0 atom stereocenters. The summed E-state index contributed by atoms with van der Waals surface area (Å²) in [5, 5.41) is 8.65. The number of thioether (sulfide) groups is 1. The Hall–Kier alpha value is -3.12. The summed E-state index contributed by atoms with van der Waals surface area (Å²) in [4.78, 5) is 36.5. The Kier molecular flexibility index (Phi) is 5.04. The van der Waals surface area contributed by atoms with E-state index in [1.54, 1.807) is 30.3 Å². The molecule has 26 heavy (non-hydrogen) atoms. The van der Waals surface area contributed by atoms with Crippen LogP contribution in [-0.4, -0.2) is 33.7 Å². The first-order valence-electron chi connectivity index (χ1n) is 7.79. The van der Waals surface area contributed by atoms with Crippen molar-refractivity contribution in [2.45, 2.75) is 0 Å². The number of imide groups is 1. The Morgan fingerprint density at radius 2 is 1.62 bits per heavy atom. The molecule has 6 heteroatoms. The lowest BCUT2D eigenvalue weighted by atomic mass is 10.0. The summed E-state index contributed by atoms with van der Waals surface area (Å²) in [6, 6.07) is 14.1. The first-order valence-corrected chi connectivity index (χ1v) is 8.61. The van der Waals surface area contributed by atoms with Crippen molar-refractivity contribution < 1.29 is 19.5 Å². The highest BCUT2D eigenvalue weighted by Crippen LogP contribution is 2.32. The van der Waals surface area contributed by atoms with Gasteiger partial charge in [0.25, 0.3) is 11.1 Å². The van der Waals surface area contributed by atoms with E-state index in [4.69, 9.17) is 5.11 Å². The summed E-state index contributed by atoms with van der Waals surface area (Å²) < 4.78 is 0. The van der Waals surface area contributed by atoms with E-state index in [-0.39, 0.29) is 23.3 Å². The monoisotopic (exact) mass is 365 g/mol. The summed E-state index contributed by atoms with van der Waals surface area (Å²) in [7, 11) is 0. The molecule has 5 nitrogen and oxygen atoms in total. The molecule has 2 aromatic rings. The zero-order valence-corrected chi connectivity index (χ0v) is 14.5. The molecule has 1 aliphatic rings. The van der Waals surface area contributed by atoms with Crippen molar-refractivity contribution >= 4 is 35.0 Å². The predicted octanol–water partition coefficient (Wildman–Crippen LogP) is 4.27. The Balaban J connectivity index is 1.80. The number of carbonyl (C=O) groups is 3. The minimum absolute atomic E-state index is 0.202. The maximum atomic E-state index is 12.2. The number of carbonyl (C=O) groups excluding carboxylic acids is 2. The number of nitrogens with zero attached hydrogens (tertiary/aromatic N) is 1. The molecule has 0 aliphatic carbocycles. The van der Waals surface area contributed by atoms with Gasteiger partial charge in [0.1, 0.15) is 0 Å². The van der Waals surface area contributed by atoms with Crippen LogP contribution in [0, 0.1) is 0 Å². The molecular formula is C20H15NO4S. The Bertz CT molecular complexity index is 914. The molecule has 1 aliphatic heterocycles. The number of aromatic carboxylic acids is 1. The van der Waals surface area contributed by atoms with Crippen molar-refractivity contribution in [2.24, 2.45) is 0 Å². The maximum Gasteiger partial charge on any atom is 0.335 e. The van der Waals surface area contributed by atoms with Crippen LogP contribution in [0.3, 0.4) is 0 Å². The van der Waals surface area contributed by atoms with E-state index in [1.165, 1.54) is 6.08 Å². The molecule has 2 amide bonds. The molecule has 2 aromatic carbocycles. The molecule has 1 saturated heterocycles. The number of benzene rings is 2. The summed E-state index contributed by atoms with van der Waals surface area (Å²) in [5.74, 6) is -1.27. The normalized spacial score (nSPS) is 15.5. The average Bonchev–Trinajstić information content (AvgIpc) is 2.90. The molecule has 130 valence electrons. The molecular weight excluding hydrogens is 350 g/mol. The van der Waals surface area contributed by atoms with Gasteiger partial charge in [-0.25, -0.2) is 4.79 Å². The van der Waals surface area contributed by atoms with E-state index in [2.05, 4.69) is 6.58 Å². The van der Waals surface area contributed by atoms with Crippen molar-refractivity contribution in [3.05, 3.63) is 77.2 Å². The molecule has 0 saturated carbocycles. The maximum absolute atomic E-state index is 12.2. The topological polar surface area (TPSA) is 74.7 Å². The fraction of sp³-hybridized carbons (Fsp3) is 0.0500. The second-order valence-corrected chi connectivity index (χ2v) is 6.58. The van der Waals surface area contributed by atoms with Gasteiger partial charge in [0.15, 0.2) is 0 Å². The SMILES string of the molecule is C=CCN1C(=O)S/C(=C\c2ccc(-c3ccc(C(=O)O)cc3)cc2)C1=O. The van der Waals surface area contributed by atoms with Gasteiger partial charge in [0.05, 0.1) is 10.5 Å². The standard InChI is InChI=1S/C20H15NO4S/c1-2-11-21-18(22)17(26-20(21)25)12-13-3-5-14(6-4-13)15-7-9-16(10-8-15)19(23)24/h2-10,12H,1,11H2,(H,23,24)/b17-12-. The first kappa shape index (κ1) is 17.7. The van der Waals surface area contributed by atoms with Crippen LogP contribution in [0.2, 0.25) is 0 Å². The van der Waals surface area contributed by atoms with Crippen LogP contribution < -0.4 is 0 Å². The number of hydrogen-bond acceptors (Lipinski definition) is 4. The first-order chi connectivity index (χ1) is 12.5. The van der Waals surface area contributed by atoms with E-state index in [0.29, 0.717) is 4.91 Å². The largest absolute Gasteiger partial charge is 0.478 e. The van der Waals surface area contributed by atoms with Gasteiger partial charge < -0.3 is 5.11 Å². The third-order valence-electron chi connectivity index (χ3n) is 3.86. The molecule has 0 radical (unpaired) electrons. The predicted molar refractivity (Wildman–Crippen MR) is 102 cm³/mol. The summed E-state index contributed by atoms with van der Waals surface area (Å²) >= 11 is 0.917. The highest BCUT2D eigenvalue weighted by Gasteiger charge is 2.33. The van der Waals surface area contributed by atoms with Crippen molar-refractivity contribution in [3.63, 3.8) is 0 Å². The van der Waals surface area contributed by atoms with Gasteiger partial charge in [0, 0.05) is 6.54 Å². The molecule has 1 N–H and O–H groups in total. The number of rotatable bonds is 5. The van der Waals surface area contributed by atoms with Crippen molar-refractivity contribution in [2.75, 3.05) is 6.54 Å². The van der Waals surface area contributed by atoms with Gasteiger partial charge in [-0.15, -0.1) is 6.58 Å². The minimum Gasteiger partial charge on any atom is -0.478 e. The van der Waals surface area contributed by atoms with Crippen LogP contribution in [0.5, 0.6) is 0 Å². The van der Waals surface area contributed by atoms with E-state index in [9.17, 15) is 14.4 Å². The van der Waals surface area contributed by atoms with Crippen LogP contribution in [0.1, 0.15) is 15.9 Å².